The Labute approximate surface area is 90.4 Å². The molecule has 0 aromatic carbocycles. The van der Waals surface area contributed by atoms with Gasteiger partial charge >= 0.3 is 5.00 Å². The third-order valence-corrected chi connectivity index (χ3v) is 3.08. The molecule has 82 valence electrons. The summed E-state index contributed by atoms with van der Waals surface area (Å²) < 4.78 is 5.36. The van der Waals surface area contributed by atoms with Gasteiger partial charge in [0.2, 0.25) is 0 Å². The Bertz CT molecular complexity index is 349. The fourth-order valence-electron chi connectivity index (χ4n) is 1.47. The van der Waals surface area contributed by atoms with Crippen LogP contribution in [0, 0.1) is 10.1 Å². The van der Waals surface area contributed by atoms with E-state index in [0.29, 0.717) is 17.8 Å². The number of thiazole rings is 1. The van der Waals surface area contributed by atoms with E-state index in [9.17, 15) is 10.1 Å². The maximum absolute atomic E-state index is 10.4. The van der Waals surface area contributed by atoms with Crippen LogP contribution in [0.1, 0.15) is 12.8 Å². The Hall–Kier alpha value is -1.21. The average Bonchev–Trinajstić information content (AvgIpc) is 2.86. The Morgan fingerprint density at radius 2 is 2.67 bits per heavy atom. The lowest BCUT2D eigenvalue weighted by Crippen LogP contribution is -2.28. The van der Waals surface area contributed by atoms with Gasteiger partial charge in [-0.2, -0.15) is 0 Å². The molecule has 7 heteroatoms. The molecule has 1 aliphatic rings. The third-order valence-electron chi connectivity index (χ3n) is 2.22. The zero-order chi connectivity index (χ0) is 10.7. The van der Waals surface area contributed by atoms with E-state index in [-0.39, 0.29) is 5.00 Å². The standard InChI is InChI=1S/C8H11N3O3S/c12-11(13)7-4-10-8(15-7)14-5-6-2-1-3-9-6/h4,6,9H,1-3,5H2. The first-order chi connectivity index (χ1) is 7.25. The molecular formula is C8H11N3O3S. The van der Waals surface area contributed by atoms with Crippen molar-refractivity contribution in [1.82, 2.24) is 10.3 Å². The van der Waals surface area contributed by atoms with Crippen molar-refractivity contribution in [3.63, 3.8) is 0 Å². The number of nitro groups is 1. The summed E-state index contributed by atoms with van der Waals surface area (Å²) >= 11 is 0.964. The van der Waals surface area contributed by atoms with Gasteiger partial charge in [-0.15, -0.1) is 0 Å². The average molecular weight is 229 g/mol. The topological polar surface area (TPSA) is 77.3 Å². The maximum Gasteiger partial charge on any atom is 0.347 e. The van der Waals surface area contributed by atoms with Crippen LogP contribution in [0.5, 0.6) is 5.19 Å². The highest BCUT2D eigenvalue weighted by molar-refractivity contribution is 7.16. The second-order valence-electron chi connectivity index (χ2n) is 3.33. The molecule has 0 spiro atoms. The van der Waals surface area contributed by atoms with Crippen molar-refractivity contribution in [2.24, 2.45) is 0 Å². The molecule has 1 unspecified atom stereocenters. The van der Waals surface area contributed by atoms with E-state index in [1.165, 1.54) is 6.20 Å². The van der Waals surface area contributed by atoms with E-state index in [4.69, 9.17) is 4.74 Å². The number of hydrogen-bond donors (Lipinski definition) is 1. The van der Waals surface area contributed by atoms with Crippen LogP contribution in [0.25, 0.3) is 0 Å². The predicted molar refractivity (Wildman–Crippen MR) is 55.3 cm³/mol. The Balaban J connectivity index is 1.84. The van der Waals surface area contributed by atoms with Crippen LogP contribution >= 0.6 is 11.3 Å². The zero-order valence-corrected chi connectivity index (χ0v) is 8.83. The van der Waals surface area contributed by atoms with Gasteiger partial charge in [-0.3, -0.25) is 10.1 Å². The van der Waals surface area contributed by atoms with E-state index in [1.54, 1.807) is 0 Å². The van der Waals surface area contributed by atoms with Crippen molar-refractivity contribution in [1.29, 1.82) is 0 Å². The molecule has 1 N–H and O–H groups in total. The molecule has 1 aromatic heterocycles. The lowest BCUT2D eigenvalue weighted by molar-refractivity contribution is -0.380. The summed E-state index contributed by atoms with van der Waals surface area (Å²) in [5.74, 6) is 0. The van der Waals surface area contributed by atoms with Crippen molar-refractivity contribution < 1.29 is 9.66 Å². The summed E-state index contributed by atoms with van der Waals surface area (Å²) in [5.41, 5.74) is 0. The molecule has 2 heterocycles. The van der Waals surface area contributed by atoms with Gasteiger partial charge in [-0.25, -0.2) is 4.98 Å². The number of nitrogens with zero attached hydrogens (tertiary/aromatic N) is 2. The quantitative estimate of drug-likeness (QED) is 0.619. The number of hydrogen-bond acceptors (Lipinski definition) is 6. The molecule has 0 bridgehead atoms. The van der Waals surface area contributed by atoms with Gasteiger partial charge in [0.05, 0.1) is 4.92 Å². The van der Waals surface area contributed by atoms with Crippen LogP contribution < -0.4 is 10.1 Å². The van der Waals surface area contributed by atoms with Gasteiger partial charge < -0.3 is 10.1 Å². The van der Waals surface area contributed by atoms with E-state index in [1.807, 2.05) is 0 Å². The predicted octanol–water partition coefficient (Wildman–Crippen LogP) is 1.18. The van der Waals surface area contributed by atoms with Crippen LogP contribution in [0.3, 0.4) is 0 Å². The van der Waals surface area contributed by atoms with Crippen molar-refractivity contribution in [2.45, 2.75) is 18.9 Å². The van der Waals surface area contributed by atoms with Gasteiger partial charge in [0.15, 0.2) is 0 Å². The van der Waals surface area contributed by atoms with Crippen LogP contribution in [0.4, 0.5) is 5.00 Å². The van der Waals surface area contributed by atoms with Crippen LogP contribution in [0.15, 0.2) is 6.20 Å². The van der Waals surface area contributed by atoms with E-state index < -0.39 is 4.92 Å². The molecule has 1 saturated heterocycles. The lowest BCUT2D eigenvalue weighted by atomic mass is 10.2. The summed E-state index contributed by atoms with van der Waals surface area (Å²) in [5, 5.41) is 14.0. The maximum atomic E-state index is 10.4. The first-order valence-electron chi connectivity index (χ1n) is 4.72. The molecule has 1 fully saturated rings. The van der Waals surface area contributed by atoms with Crippen molar-refractivity contribution in [2.75, 3.05) is 13.2 Å². The molecule has 0 radical (unpaired) electrons. The number of ether oxygens (including phenoxy) is 1. The lowest BCUT2D eigenvalue weighted by Gasteiger charge is -2.08. The molecular weight excluding hydrogens is 218 g/mol. The second-order valence-corrected chi connectivity index (χ2v) is 4.30. The fraction of sp³-hybridized carbons (Fsp3) is 0.625. The summed E-state index contributed by atoms with van der Waals surface area (Å²) in [6.45, 7) is 1.55. The van der Waals surface area contributed by atoms with Gasteiger partial charge in [0.25, 0.3) is 5.19 Å². The summed E-state index contributed by atoms with van der Waals surface area (Å²) in [6.07, 6.45) is 3.47. The highest BCUT2D eigenvalue weighted by atomic mass is 32.1. The smallest absolute Gasteiger partial charge is 0.347 e. The van der Waals surface area contributed by atoms with E-state index >= 15 is 0 Å². The summed E-state index contributed by atoms with van der Waals surface area (Å²) in [6, 6.07) is 0.355. The minimum atomic E-state index is -0.460. The fourth-order valence-corrected chi connectivity index (χ4v) is 2.06. The number of rotatable bonds is 4. The van der Waals surface area contributed by atoms with E-state index in [2.05, 4.69) is 10.3 Å². The molecule has 1 atom stereocenters. The van der Waals surface area contributed by atoms with Crippen LogP contribution in [-0.4, -0.2) is 29.1 Å². The monoisotopic (exact) mass is 229 g/mol. The molecule has 0 saturated carbocycles. The molecule has 15 heavy (non-hydrogen) atoms. The normalized spacial score (nSPS) is 20.4. The van der Waals surface area contributed by atoms with Crippen molar-refractivity contribution in [3.05, 3.63) is 16.3 Å². The molecule has 1 aliphatic heterocycles. The van der Waals surface area contributed by atoms with Gasteiger partial charge in [0.1, 0.15) is 12.8 Å². The van der Waals surface area contributed by atoms with Gasteiger partial charge in [0, 0.05) is 6.04 Å². The van der Waals surface area contributed by atoms with Gasteiger partial charge in [-0.05, 0) is 30.7 Å². The number of aromatic nitrogens is 1. The molecule has 0 amide bonds. The largest absolute Gasteiger partial charge is 0.468 e. The Kier molecular flexibility index (Phi) is 3.12. The third kappa shape index (κ3) is 2.63. The molecule has 0 aliphatic carbocycles. The van der Waals surface area contributed by atoms with Crippen LogP contribution in [-0.2, 0) is 0 Å². The highest BCUT2D eigenvalue weighted by Crippen LogP contribution is 2.27. The zero-order valence-electron chi connectivity index (χ0n) is 8.01. The second kappa shape index (κ2) is 4.54. The highest BCUT2D eigenvalue weighted by Gasteiger charge is 2.17. The van der Waals surface area contributed by atoms with Crippen LogP contribution in [0.2, 0.25) is 0 Å². The molecule has 1 aromatic rings. The first-order valence-corrected chi connectivity index (χ1v) is 5.54. The molecule has 6 nitrogen and oxygen atoms in total. The first kappa shape index (κ1) is 10.3. The SMILES string of the molecule is O=[N+]([O-])c1cnc(OCC2CCCN2)s1. The summed E-state index contributed by atoms with van der Waals surface area (Å²) in [4.78, 5) is 13.7. The minimum Gasteiger partial charge on any atom is -0.468 e. The summed E-state index contributed by atoms with van der Waals surface area (Å²) in [7, 11) is 0. The Morgan fingerprint density at radius 1 is 1.80 bits per heavy atom. The van der Waals surface area contributed by atoms with Crippen molar-refractivity contribution in [3.8, 4) is 5.19 Å². The number of nitrogens with one attached hydrogen (secondary N) is 1. The minimum absolute atomic E-state index is 0.0179. The Morgan fingerprint density at radius 3 is 3.27 bits per heavy atom. The van der Waals surface area contributed by atoms with E-state index in [0.717, 1.165) is 30.7 Å². The molecule has 2 rings (SSSR count). The van der Waals surface area contributed by atoms with Gasteiger partial charge in [-0.1, -0.05) is 0 Å². The van der Waals surface area contributed by atoms with Crippen molar-refractivity contribution >= 4 is 16.3 Å².